The molecule has 3 heteroatoms. The summed E-state index contributed by atoms with van der Waals surface area (Å²) in [4.78, 5) is 0. The van der Waals surface area contributed by atoms with Crippen molar-refractivity contribution >= 4 is 15.9 Å². The second-order valence-corrected chi connectivity index (χ2v) is 5.06. The molecular weight excluding hydrogens is 278 g/mol. The van der Waals surface area contributed by atoms with Gasteiger partial charge in [-0.2, -0.15) is 0 Å². The van der Waals surface area contributed by atoms with Crippen LogP contribution in [0, 0.1) is 0 Å². The minimum absolute atomic E-state index is 0.188. The van der Waals surface area contributed by atoms with Crippen LogP contribution >= 0.6 is 15.9 Å². The summed E-state index contributed by atoms with van der Waals surface area (Å²) in [7, 11) is 0. The molecule has 0 spiro atoms. The van der Waals surface area contributed by atoms with Crippen LogP contribution in [0.2, 0.25) is 0 Å². The van der Waals surface area contributed by atoms with E-state index in [2.05, 4.69) is 58.5 Å². The number of hydrogen-bond donors (Lipinski definition) is 1. The quantitative estimate of drug-likeness (QED) is 0.912. The molecule has 0 fully saturated rings. The first-order valence-corrected chi connectivity index (χ1v) is 6.92. The van der Waals surface area contributed by atoms with E-state index in [4.69, 9.17) is 4.74 Å². The number of allylic oxidation sites excluding steroid dienone is 1. The highest BCUT2D eigenvalue weighted by atomic mass is 79.9. The SMILES string of the molecule is CCNC(C1=CCCCO1)c1ccc(Br)cc1. The minimum atomic E-state index is 0.188. The van der Waals surface area contributed by atoms with Crippen molar-refractivity contribution in [2.45, 2.75) is 25.8 Å². The van der Waals surface area contributed by atoms with Crippen LogP contribution < -0.4 is 5.32 Å². The maximum atomic E-state index is 5.76. The molecule has 1 aromatic rings. The predicted molar refractivity (Wildman–Crippen MR) is 73.8 cm³/mol. The molecule has 1 aliphatic heterocycles. The lowest BCUT2D eigenvalue weighted by atomic mass is 10.0. The minimum Gasteiger partial charge on any atom is -0.496 e. The van der Waals surface area contributed by atoms with Gasteiger partial charge in [-0.1, -0.05) is 35.0 Å². The molecule has 0 aliphatic carbocycles. The molecule has 1 aromatic carbocycles. The molecule has 1 aliphatic rings. The van der Waals surface area contributed by atoms with Crippen molar-refractivity contribution in [2.24, 2.45) is 0 Å². The second kappa shape index (κ2) is 6.22. The maximum Gasteiger partial charge on any atom is 0.113 e. The highest BCUT2D eigenvalue weighted by Gasteiger charge is 2.18. The van der Waals surface area contributed by atoms with Gasteiger partial charge < -0.3 is 10.1 Å². The fourth-order valence-electron chi connectivity index (χ4n) is 2.02. The third kappa shape index (κ3) is 3.33. The van der Waals surface area contributed by atoms with Crippen molar-refractivity contribution in [1.29, 1.82) is 0 Å². The average Bonchev–Trinajstić information content (AvgIpc) is 2.38. The van der Waals surface area contributed by atoms with E-state index in [1.807, 2.05) is 0 Å². The summed E-state index contributed by atoms with van der Waals surface area (Å²) in [5.74, 6) is 1.07. The van der Waals surface area contributed by atoms with Gasteiger partial charge in [-0.05, 0) is 43.2 Å². The summed E-state index contributed by atoms with van der Waals surface area (Å²) in [6.45, 7) is 3.89. The Kier molecular flexibility index (Phi) is 4.63. The fourth-order valence-corrected chi connectivity index (χ4v) is 2.28. The van der Waals surface area contributed by atoms with Gasteiger partial charge in [-0.15, -0.1) is 0 Å². The first-order chi connectivity index (χ1) is 8.31. The number of rotatable bonds is 4. The summed E-state index contributed by atoms with van der Waals surface area (Å²) in [6.07, 6.45) is 4.45. The summed E-state index contributed by atoms with van der Waals surface area (Å²) < 4.78 is 6.87. The Hall–Kier alpha value is -0.800. The van der Waals surface area contributed by atoms with E-state index in [-0.39, 0.29) is 6.04 Å². The largest absolute Gasteiger partial charge is 0.496 e. The molecule has 17 heavy (non-hydrogen) atoms. The molecular formula is C14H18BrNO. The molecule has 1 N–H and O–H groups in total. The number of halogens is 1. The first kappa shape index (κ1) is 12.7. The standard InChI is InChI=1S/C14H18BrNO/c1-2-16-14(13-5-3-4-10-17-13)11-6-8-12(15)9-7-11/h5-9,14,16H,2-4,10H2,1H3. The molecule has 0 saturated heterocycles. The van der Waals surface area contributed by atoms with Gasteiger partial charge in [0.2, 0.25) is 0 Å². The number of benzene rings is 1. The third-order valence-electron chi connectivity index (χ3n) is 2.86. The number of likely N-dealkylation sites (N-methyl/N-ethyl adjacent to an activating group) is 1. The Balaban J connectivity index is 2.21. The third-order valence-corrected chi connectivity index (χ3v) is 3.39. The molecule has 2 nitrogen and oxygen atoms in total. The lowest BCUT2D eigenvalue weighted by Gasteiger charge is -2.24. The van der Waals surface area contributed by atoms with E-state index >= 15 is 0 Å². The number of hydrogen-bond acceptors (Lipinski definition) is 2. The van der Waals surface area contributed by atoms with E-state index in [0.29, 0.717) is 0 Å². The molecule has 1 unspecified atom stereocenters. The van der Waals surface area contributed by atoms with E-state index in [9.17, 15) is 0 Å². The lowest BCUT2D eigenvalue weighted by Crippen LogP contribution is -2.25. The van der Waals surface area contributed by atoms with Crippen molar-refractivity contribution < 1.29 is 4.74 Å². The number of nitrogens with one attached hydrogen (secondary N) is 1. The van der Waals surface area contributed by atoms with Crippen LogP contribution in [0.25, 0.3) is 0 Å². The van der Waals surface area contributed by atoms with Crippen molar-refractivity contribution in [1.82, 2.24) is 5.32 Å². The van der Waals surface area contributed by atoms with Gasteiger partial charge >= 0.3 is 0 Å². The van der Waals surface area contributed by atoms with Crippen molar-refractivity contribution in [2.75, 3.05) is 13.2 Å². The highest BCUT2D eigenvalue weighted by molar-refractivity contribution is 9.10. The zero-order chi connectivity index (χ0) is 12.1. The van der Waals surface area contributed by atoms with Crippen LogP contribution in [0.4, 0.5) is 0 Å². The van der Waals surface area contributed by atoms with Gasteiger partial charge in [0, 0.05) is 4.47 Å². The second-order valence-electron chi connectivity index (χ2n) is 4.14. The van der Waals surface area contributed by atoms with Crippen LogP contribution in [0.3, 0.4) is 0 Å². The Bertz CT molecular complexity index is 386. The van der Waals surface area contributed by atoms with Gasteiger partial charge in [-0.25, -0.2) is 0 Å². The normalized spacial score (nSPS) is 17.2. The zero-order valence-corrected chi connectivity index (χ0v) is 11.7. The van der Waals surface area contributed by atoms with Crippen molar-refractivity contribution in [3.8, 4) is 0 Å². The van der Waals surface area contributed by atoms with Crippen LogP contribution in [0.5, 0.6) is 0 Å². The summed E-state index contributed by atoms with van der Waals surface area (Å²) >= 11 is 3.46. The first-order valence-electron chi connectivity index (χ1n) is 6.13. The molecule has 2 rings (SSSR count). The van der Waals surface area contributed by atoms with E-state index in [1.54, 1.807) is 0 Å². The molecule has 0 saturated carbocycles. The average molecular weight is 296 g/mol. The van der Waals surface area contributed by atoms with Crippen LogP contribution in [-0.2, 0) is 4.74 Å². The molecule has 0 aromatic heterocycles. The molecule has 0 amide bonds. The zero-order valence-electron chi connectivity index (χ0n) is 10.1. The van der Waals surface area contributed by atoms with Gasteiger partial charge in [-0.3, -0.25) is 0 Å². The monoisotopic (exact) mass is 295 g/mol. The number of ether oxygens (including phenoxy) is 1. The topological polar surface area (TPSA) is 21.3 Å². The van der Waals surface area contributed by atoms with Gasteiger partial charge in [0.25, 0.3) is 0 Å². The molecule has 0 bridgehead atoms. The van der Waals surface area contributed by atoms with Gasteiger partial charge in [0.1, 0.15) is 5.76 Å². The van der Waals surface area contributed by atoms with Gasteiger partial charge in [0.05, 0.1) is 12.6 Å². The van der Waals surface area contributed by atoms with E-state index in [1.165, 1.54) is 5.56 Å². The van der Waals surface area contributed by atoms with E-state index in [0.717, 1.165) is 36.2 Å². The Labute approximate surface area is 111 Å². The lowest BCUT2D eigenvalue weighted by molar-refractivity contribution is 0.168. The predicted octanol–water partition coefficient (Wildman–Crippen LogP) is 3.79. The van der Waals surface area contributed by atoms with E-state index < -0.39 is 0 Å². The van der Waals surface area contributed by atoms with Crippen LogP contribution in [0.1, 0.15) is 31.4 Å². The van der Waals surface area contributed by atoms with Gasteiger partial charge in [0.15, 0.2) is 0 Å². The maximum absolute atomic E-state index is 5.76. The molecule has 1 heterocycles. The Morgan fingerprint density at radius 2 is 2.12 bits per heavy atom. The van der Waals surface area contributed by atoms with Crippen LogP contribution in [0.15, 0.2) is 40.6 Å². The smallest absolute Gasteiger partial charge is 0.113 e. The molecule has 92 valence electrons. The summed E-state index contributed by atoms with van der Waals surface area (Å²) in [6, 6.07) is 8.60. The summed E-state index contributed by atoms with van der Waals surface area (Å²) in [5, 5.41) is 3.48. The highest BCUT2D eigenvalue weighted by Crippen LogP contribution is 2.26. The fraction of sp³-hybridized carbons (Fsp3) is 0.429. The van der Waals surface area contributed by atoms with Crippen molar-refractivity contribution in [3.05, 3.63) is 46.1 Å². The molecule has 0 radical (unpaired) electrons. The van der Waals surface area contributed by atoms with Crippen molar-refractivity contribution in [3.63, 3.8) is 0 Å². The Morgan fingerprint density at radius 3 is 2.71 bits per heavy atom. The Morgan fingerprint density at radius 1 is 1.35 bits per heavy atom. The summed E-state index contributed by atoms with van der Waals surface area (Å²) in [5.41, 5.74) is 1.25. The van der Waals surface area contributed by atoms with Crippen LogP contribution in [-0.4, -0.2) is 13.2 Å². The molecule has 1 atom stereocenters.